The summed E-state index contributed by atoms with van der Waals surface area (Å²) in [5, 5.41) is 3.57. The van der Waals surface area contributed by atoms with Crippen molar-refractivity contribution in [3.8, 4) is 11.5 Å². The molecule has 0 unspecified atom stereocenters. The van der Waals surface area contributed by atoms with Gasteiger partial charge in [0.15, 0.2) is 0 Å². The molecule has 0 atom stereocenters. The molecule has 7 heteroatoms. The van der Waals surface area contributed by atoms with Gasteiger partial charge in [0, 0.05) is 17.8 Å². The SMILES string of the molecule is COc1ccc2c(c1)OCCN(C(=O)Nc1ccns1)C2. The van der Waals surface area contributed by atoms with Crippen LogP contribution in [0.3, 0.4) is 0 Å². The van der Waals surface area contributed by atoms with Crippen molar-refractivity contribution < 1.29 is 14.3 Å². The molecule has 3 rings (SSSR count). The molecule has 1 aliphatic rings. The number of amides is 2. The van der Waals surface area contributed by atoms with E-state index in [-0.39, 0.29) is 6.03 Å². The van der Waals surface area contributed by atoms with Gasteiger partial charge in [-0.2, -0.15) is 4.37 Å². The third kappa shape index (κ3) is 3.08. The minimum atomic E-state index is -0.147. The van der Waals surface area contributed by atoms with Crippen molar-refractivity contribution in [1.82, 2.24) is 9.27 Å². The van der Waals surface area contributed by atoms with Crippen molar-refractivity contribution in [3.63, 3.8) is 0 Å². The summed E-state index contributed by atoms with van der Waals surface area (Å²) in [5.74, 6) is 1.51. The molecule has 0 saturated carbocycles. The van der Waals surface area contributed by atoms with E-state index in [2.05, 4.69) is 9.69 Å². The van der Waals surface area contributed by atoms with Crippen molar-refractivity contribution in [3.05, 3.63) is 36.0 Å². The van der Waals surface area contributed by atoms with E-state index < -0.39 is 0 Å². The summed E-state index contributed by atoms with van der Waals surface area (Å²) in [6.07, 6.45) is 1.66. The van der Waals surface area contributed by atoms with Crippen LogP contribution in [0.25, 0.3) is 0 Å². The van der Waals surface area contributed by atoms with Gasteiger partial charge in [0.25, 0.3) is 0 Å². The fraction of sp³-hybridized carbons (Fsp3) is 0.286. The first-order valence-electron chi connectivity index (χ1n) is 6.52. The monoisotopic (exact) mass is 305 g/mol. The lowest BCUT2D eigenvalue weighted by molar-refractivity contribution is 0.200. The van der Waals surface area contributed by atoms with Crippen molar-refractivity contribution >= 4 is 22.6 Å². The number of carbonyl (C=O) groups is 1. The van der Waals surface area contributed by atoms with E-state index in [0.29, 0.717) is 19.7 Å². The van der Waals surface area contributed by atoms with Gasteiger partial charge in [-0.1, -0.05) is 0 Å². The van der Waals surface area contributed by atoms with E-state index in [1.807, 2.05) is 18.2 Å². The summed E-state index contributed by atoms with van der Waals surface area (Å²) >= 11 is 1.25. The maximum absolute atomic E-state index is 12.3. The number of anilines is 1. The van der Waals surface area contributed by atoms with Gasteiger partial charge in [-0.05, 0) is 29.7 Å². The number of hydrogen-bond donors (Lipinski definition) is 1. The summed E-state index contributed by atoms with van der Waals surface area (Å²) in [7, 11) is 1.62. The molecule has 0 aliphatic carbocycles. The van der Waals surface area contributed by atoms with E-state index in [0.717, 1.165) is 22.1 Å². The predicted molar refractivity (Wildman–Crippen MR) is 80.0 cm³/mol. The van der Waals surface area contributed by atoms with Gasteiger partial charge in [-0.15, -0.1) is 0 Å². The third-order valence-electron chi connectivity index (χ3n) is 3.21. The fourth-order valence-electron chi connectivity index (χ4n) is 2.12. The van der Waals surface area contributed by atoms with Gasteiger partial charge >= 0.3 is 6.03 Å². The number of aromatic nitrogens is 1. The largest absolute Gasteiger partial charge is 0.497 e. The van der Waals surface area contributed by atoms with Crippen LogP contribution in [-0.2, 0) is 6.54 Å². The predicted octanol–water partition coefficient (Wildman–Crippen LogP) is 2.58. The van der Waals surface area contributed by atoms with Crippen LogP contribution in [0.15, 0.2) is 30.5 Å². The minimum absolute atomic E-state index is 0.147. The molecule has 2 heterocycles. The van der Waals surface area contributed by atoms with Crippen LogP contribution < -0.4 is 14.8 Å². The number of hydrogen-bond acceptors (Lipinski definition) is 5. The summed E-state index contributed by atoms with van der Waals surface area (Å²) in [5.41, 5.74) is 0.966. The van der Waals surface area contributed by atoms with Gasteiger partial charge in [0.1, 0.15) is 23.1 Å². The van der Waals surface area contributed by atoms with Crippen molar-refractivity contribution in [2.45, 2.75) is 6.54 Å². The zero-order chi connectivity index (χ0) is 14.7. The second-order valence-electron chi connectivity index (χ2n) is 4.55. The van der Waals surface area contributed by atoms with Gasteiger partial charge in [-0.3, -0.25) is 5.32 Å². The summed E-state index contributed by atoms with van der Waals surface area (Å²) in [6.45, 7) is 1.49. The van der Waals surface area contributed by atoms with E-state index >= 15 is 0 Å². The van der Waals surface area contributed by atoms with Crippen LogP contribution >= 0.6 is 11.5 Å². The van der Waals surface area contributed by atoms with E-state index in [4.69, 9.17) is 9.47 Å². The molecule has 0 radical (unpaired) electrons. The van der Waals surface area contributed by atoms with Gasteiger partial charge in [0.05, 0.1) is 20.2 Å². The first-order chi connectivity index (χ1) is 10.3. The molecule has 1 aromatic heterocycles. The van der Waals surface area contributed by atoms with E-state index in [1.165, 1.54) is 11.5 Å². The highest BCUT2D eigenvalue weighted by molar-refractivity contribution is 7.10. The summed E-state index contributed by atoms with van der Waals surface area (Å²) in [6, 6.07) is 7.26. The molecule has 1 N–H and O–H groups in total. The average molecular weight is 305 g/mol. The van der Waals surface area contributed by atoms with Crippen LogP contribution in [0.2, 0.25) is 0 Å². The molecule has 2 aromatic rings. The second-order valence-corrected chi connectivity index (χ2v) is 5.38. The van der Waals surface area contributed by atoms with Crippen molar-refractivity contribution in [1.29, 1.82) is 0 Å². The highest BCUT2D eigenvalue weighted by atomic mass is 32.1. The number of ether oxygens (including phenoxy) is 2. The number of benzene rings is 1. The third-order valence-corrected chi connectivity index (χ3v) is 3.87. The molecule has 1 aliphatic heterocycles. The number of rotatable bonds is 2. The topological polar surface area (TPSA) is 63.7 Å². The minimum Gasteiger partial charge on any atom is -0.497 e. The number of nitrogens with zero attached hydrogens (tertiary/aromatic N) is 2. The Kier molecular flexibility index (Phi) is 3.92. The number of carbonyl (C=O) groups excluding carboxylic acids is 1. The van der Waals surface area contributed by atoms with Crippen molar-refractivity contribution in [2.75, 3.05) is 25.6 Å². The van der Waals surface area contributed by atoms with Gasteiger partial charge < -0.3 is 14.4 Å². The number of urea groups is 1. The molecule has 0 spiro atoms. The van der Waals surface area contributed by atoms with Crippen LogP contribution in [0.1, 0.15) is 5.56 Å². The quantitative estimate of drug-likeness (QED) is 0.926. The molecule has 1 aromatic carbocycles. The Bertz CT molecular complexity index is 630. The molecule has 2 amide bonds. The molecule has 110 valence electrons. The Labute approximate surface area is 126 Å². The first-order valence-corrected chi connectivity index (χ1v) is 7.30. The Morgan fingerprint density at radius 2 is 2.38 bits per heavy atom. The molecule has 6 nitrogen and oxygen atoms in total. The smallest absolute Gasteiger partial charge is 0.322 e. The number of fused-ring (bicyclic) bond motifs is 1. The zero-order valence-electron chi connectivity index (χ0n) is 11.5. The van der Waals surface area contributed by atoms with Crippen LogP contribution in [0, 0.1) is 0 Å². The maximum Gasteiger partial charge on any atom is 0.322 e. The standard InChI is InChI=1S/C14H15N3O3S/c1-19-11-3-2-10-9-17(6-7-20-12(10)8-11)14(18)16-13-4-5-15-21-13/h2-5,8H,6-7,9H2,1H3,(H,16,18). The zero-order valence-corrected chi connectivity index (χ0v) is 12.4. The Morgan fingerprint density at radius 1 is 1.48 bits per heavy atom. The van der Waals surface area contributed by atoms with Crippen LogP contribution in [0.5, 0.6) is 11.5 Å². The lowest BCUT2D eigenvalue weighted by Gasteiger charge is -2.19. The molecular weight excluding hydrogens is 290 g/mol. The van der Waals surface area contributed by atoms with Crippen LogP contribution in [-0.4, -0.2) is 35.6 Å². The Morgan fingerprint density at radius 3 is 3.14 bits per heavy atom. The normalized spacial score (nSPS) is 13.9. The number of methoxy groups -OCH3 is 1. The molecule has 0 fully saturated rings. The average Bonchev–Trinajstić information content (AvgIpc) is 2.90. The second kappa shape index (κ2) is 6.01. The molecule has 21 heavy (non-hydrogen) atoms. The maximum atomic E-state index is 12.3. The lowest BCUT2D eigenvalue weighted by Crippen LogP contribution is -2.35. The summed E-state index contributed by atoms with van der Waals surface area (Å²) in [4.78, 5) is 14.0. The highest BCUT2D eigenvalue weighted by Gasteiger charge is 2.20. The lowest BCUT2D eigenvalue weighted by atomic mass is 10.2. The van der Waals surface area contributed by atoms with Crippen molar-refractivity contribution in [2.24, 2.45) is 0 Å². The van der Waals surface area contributed by atoms with E-state index in [9.17, 15) is 4.79 Å². The Hall–Kier alpha value is -2.28. The summed E-state index contributed by atoms with van der Waals surface area (Å²) < 4.78 is 14.8. The molecule has 0 saturated heterocycles. The van der Waals surface area contributed by atoms with E-state index in [1.54, 1.807) is 24.3 Å². The molecular formula is C14H15N3O3S. The van der Waals surface area contributed by atoms with Crippen LogP contribution in [0.4, 0.5) is 9.80 Å². The fourth-order valence-corrected chi connectivity index (χ4v) is 2.61. The number of nitrogens with one attached hydrogen (secondary N) is 1. The van der Waals surface area contributed by atoms with Gasteiger partial charge in [0.2, 0.25) is 0 Å². The van der Waals surface area contributed by atoms with Gasteiger partial charge in [-0.25, -0.2) is 4.79 Å². The Balaban J connectivity index is 1.74. The highest BCUT2D eigenvalue weighted by Crippen LogP contribution is 2.28. The molecule has 0 bridgehead atoms. The first kappa shape index (κ1) is 13.7.